The van der Waals surface area contributed by atoms with Crippen molar-refractivity contribution in [3.8, 4) is 0 Å². The SMILES string of the molecule is CC(C)NC(=O)C(N)C1CCOCC1.Cl. The van der Waals surface area contributed by atoms with Gasteiger partial charge in [0.05, 0.1) is 6.04 Å². The second-order valence-electron chi connectivity index (χ2n) is 4.14. The highest BCUT2D eigenvalue weighted by Crippen LogP contribution is 2.17. The molecular weight excluding hydrogens is 216 g/mol. The average molecular weight is 237 g/mol. The first-order valence-electron chi connectivity index (χ1n) is 5.25. The Kier molecular flexibility index (Phi) is 6.89. The number of ether oxygens (including phenoxy) is 1. The highest BCUT2D eigenvalue weighted by molar-refractivity contribution is 5.85. The van der Waals surface area contributed by atoms with Crippen LogP contribution in [0.25, 0.3) is 0 Å². The quantitative estimate of drug-likeness (QED) is 0.758. The fraction of sp³-hybridized carbons (Fsp3) is 0.900. The third-order valence-corrected chi connectivity index (χ3v) is 2.51. The van der Waals surface area contributed by atoms with E-state index in [4.69, 9.17) is 10.5 Å². The summed E-state index contributed by atoms with van der Waals surface area (Å²) in [6, 6.07) is -0.213. The van der Waals surface area contributed by atoms with E-state index < -0.39 is 0 Å². The number of hydrogen-bond donors (Lipinski definition) is 2. The molecule has 4 nitrogen and oxygen atoms in total. The van der Waals surface area contributed by atoms with Gasteiger partial charge in [-0.3, -0.25) is 4.79 Å². The minimum Gasteiger partial charge on any atom is -0.381 e. The lowest BCUT2D eigenvalue weighted by Gasteiger charge is -2.27. The largest absolute Gasteiger partial charge is 0.381 e. The van der Waals surface area contributed by atoms with Crippen LogP contribution in [0.2, 0.25) is 0 Å². The van der Waals surface area contributed by atoms with Gasteiger partial charge in [0.1, 0.15) is 0 Å². The van der Waals surface area contributed by atoms with Gasteiger partial charge in [0, 0.05) is 19.3 Å². The number of nitrogens with one attached hydrogen (secondary N) is 1. The van der Waals surface area contributed by atoms with E-state index in [2.05, 4.69) is 5.32 Å². The van der Waals surface area contributed by atoms with E-state index in [0.29, 0.717) is 0 Å². The molecule has 1 unspecified atom stereocenters. The molecule has 1 rings (SSSR count). The lowest BCUT2D eigenvalue weighted by molar-refractivity contribution is -0.124. The molecule has 1 aliphatic rings. The summed E-state index contributed by atoms with van der Waals surface area (Å²) in [4.78, 5) is 11.6. The molecule has 1 atom stereocenters. The molecule has 1 amide bonds. The van der Waals surface area contributed by atoms with Crippen molar-refractivity contribution < 1.29 is 9.53 Å². The third kappa shape index (κ3) is 4.82. The van der Waals surface area contributed by atoms with E-state index in [1.54, 1.807) is 0 Å². The molecule has 0 aliphatic carbocycles. The second-order valence-corrected chi connectivity index (χ2v) is 4.14. The Balaban J connectivity index is 0.00000196. The third-order valence-electron chi connectivity index (χ3n) is 2.51. The van der Waals surface area contributed by atoms with Crippen LogP contribution in [-0.4, -0.2) is 31.2 Å². The van der Waals surface area contributed by atoms with Crippen molar-refractivity contribution in [3.63, 3.8) is 0 Å². The molecule has 0 aromatic heterocycles. The summed E-state index contributed by atoms with van der Waals surface area (Å²) in [5.41, 5.74) is 5.87. The maximum atomic E-state index is 11.6. The van der Waals surface area contributed by atoms with Gasteiger partial charge in [-0.25, -0.2) is 0 Å². The number of nitrogens with two attached hydrogens (primary N) is 1. The molecule has 1 aliphatic heterocycles. The normalized spacial score (nSPS) is 19.5. The molecule has 90 valence electrons. The van der Waals surface area contributed by atoms with Crippen molar-refractivity contribution in [1.82, 2.24) is 5.32 Å². The van der Waals surface area contributed by atoms with Crippen LogP contribution in [-0.2, 0) is 9.53 Å². The Bertz CT molecular complexity index is 194. The molecule has 0 aromatic rings. The maximum Gasteiger partial charge on any atom is 0.237 e. The molecule has 3 N–H and O–H groups in total. The fourth-order valence-corrected chi connectivity index (χ4v) is 1.67. The lowest BCUT2D eigenvalue weighted by atomic mass is 9.92. The summed E-state index contributed by atoms with van der Waals surface area (Å²) >= 11 is 0. The number of carbonyl (C=O) groups excluding carboxylic acids is 1. The number of rotatable bonds is 3. The summed E-state index contributed by atoms with van der Waals surface area (Å²) in [6.07, 6.45) is 1.79. The topological polar surface area (TPSA) is 64.4 Å². The minimum absolute atomic E-state index is 0. The molecule has 0 aromatic carbocycles. The first-order chi connectivity index (χ1) is 6.61. The van der Waals surface area contributed by atoms with Crippen LogP contribution in [0.1, 0.15) is 26.7 Å². The Morgan fingerprint density at radius 3 is 2.40 bits per heavy atom. The zero-order chi connectivity index (χ0) is 10.6. The molecule has 5 heteroatoms. The van der Waals surface area contributed by atoms with E-state index in [0.717, 1.165) is 26.1 Å². The Hall–Kier alpha value is -0.320. The van der Waals surface area contributed by atoms with Gasteiger partial charge in [-0.05, 0) is 32.6 Å². The van der Waals surface area contributed by atoms with Crippen LogP contribution in [0, 0.1) is 5.92 Å². The number of amides is 1. The molecule has 1 fully saturated rings. The van der Waals surface area contributed by atoms with Crippen molar-refractivity contribution in [2.75, 3.05) is 13.2 Å². The predicted octanol–water partition coefficient (Wildman–Crippen LogP) is 0.687. The molecule has 0 radical (unpaired) electrons. The first-order valence-corrected chi connectivity index (χ1v) is 5.25. The lowest BCUT2D eigenvalue weighted by Crippen LogP contribution is -2.48. The highest BCUT2D eigenvalue weighted by Gasteiger charge is 2.26. The summed E-state index contributed by atoms with van der Waals surface area (Å²) in [5.74, 6) is 0.245. The summed E-state index contributed by atoms with van der Waals surface area (Å²) < 4.78 is 5.22. The van der Waals surface area contributed by atoms with Crippen LogP contribution in [0.5, 0.6) is 0 Å². The zero-order valence-electron chi connectivity index (χ0n) is 9.36. The van der Waals surface area contributed by atoms with Gasteiger partial charge in [-0.2, -0.15) is 0 Å². The van der Waals surface area contributed by atoms with E-state index in [9.17, 15) is 4.79 Å². The standard InChI is InChI=1S/C10H20N2O2.ClH/c1-7(2)12-10(13)9(11)8-3-5-14-6-4-8;/h7-9H,3-6,11H2,1-2H3,(H,12,13);1H. The van der Waals surface area contributed by atoms with Crippen molar-refractivity contribution in [1.29, 1.82) is 0 Å². The Labute approximate surface area is 97.3 Å². The molecular formula is C10H21ClN2O2. The molecule has 15 heavy (non-hydrogen) atoms. The number of carbonyl (C=O) groups is 1. The smallest absolute Gasteiger partial charge is 0.237 e. The fourth-order valence-electron chi connectivity index (χ4n) is 1.67. The van der Waals surface area contributed by atoms with Crippen LogP contribution in [0.15, 0.2) is 0 Å². The molecule has 0 bridgehead atoms. The Morgan fingerprint density at radius 1 is 1.40 bits per heavy atom. The van der Waals surface area contributed by atoms with Crippen LogP contribution >= 0.6 is 12.4 Å². The second kappa shape index (κ2) is 7.04. The van der Waals surface area contributed by atoms with Crippen LogP contribution < -0.4 is 11.1 Å². The van der Waals surface area contributed by atoms with Crippen molar-refractivity contribution in [2.24, 2.45) is 11.7 Å². The maximum absolute atomic E-state index is 11.6. The predicted molar refractivity (Wildman–Crippen MR) is 62.0 cm³/mol. The van der Waals surface area contributed by atoms with Crippen molar-refractivity contribution >= 4 is 18.3 Å². The van der Waals surface area contributed by atoms with E-state index >= 15 is 0 Å². The van der Waals surface area contributed by atoms with Gasteiger partial charge in [-0.1, -0.05) is 0 Å². The van der Waals surface area contributed by atoms with Crippen LogP contribution in [0.4, 0.5) is 0 Å². The average Bonchev–Trinajstić information content (AvgIpc) is 2.17. The van der Waals surface area contributed by atoms with Crippen LogP contribution in [0.3, 0.4) is 0 Å². The number of hydrogen-bond acceptors (Lipinski definition) is 3. The zero-order valence-corrected chi connectivity index (χ0v) is 10.2. The van der Waals surface area contributed by atoms with E-state index in [1.165, 1.54) is 0 Å². The van der Waals surface area contributed by atoms with Gasteiger partial charge in [-0.15, -0.1) is 12.4 Å². The van der Waals surface area contributed by atoms with Gasteiger partial charge in [0.2, 0.25) is 5.91 Å². The van der Waals surface area contributed by atoms with Gasteiger partial charge in [0.25, 0.3) is 0 Å². The first kappa shape index (κ1) is 14.7. The monoisotopic (exact) mass is 236 g/mol. The van der Waals surface area contributed by atoms with E-state index in [-0.39, 0.29) is 36.3 Å². The van der Waals surface area contributed by atoms with Gasteiger partial charge in [0.15, 0.2) is 0 Å². The highest BCUT2D eigenvalue weighted by atomic mass is 35.5. The molecule has 0 spiro atoms. The molecule has 1 heterocycles. The molecule has 0 saturated carbocycles. The summed E-state index contributed by atoms with van der Waals surface area (Å²) in [6.45, 7) is 5.34. The van der Waals surface area contributed by atoms with Gasteiger partial charge >= 0.3 is 0 Å². The number of halogens is 1. The summed E-state index contributed by atoms with van der Waals surface area (Å²) in [5, 5.41) is 2.84. The summed E-state index contributed by atoms with van der Waals surface area (Å²) in [7, 11) is 0. The van der Waals surface area contributed by atoms with Gasteiger partial charge < -0.3 is 15.8 Å². The van der Waals surface area contributed by atoms with Crippen molar-refractivity contribution in [2.45, 2.75) is 38.8 Å². The van der Waals surface area contributed by atoms with E-state index in [1.807, 2.05) is 13.8 Å². The Morgan fingerprint density at radius 2 is 1.93 bits per heavy atom. The minimum atomic E-state index is -0.374. The van der Waals surface area contributed by atoms with Crippen molar-refractivity contribution in [3.05, 3.63) is 0 Å². The molecule has 1 saturated heterocycles.